The molecule has 0 bridgehead atoms. The largest absolute Gasteiger partial charge is 0.417 e. The molecule has 2 amide bonds. The SMILES string of the molecule is O=C(c1cc(-c2ccccc2C(F)(F)F)n[nH]1)N1C[C@H]2C[C@@]2(C(=O)N2CC(O)C2)C1. The normalized spacial score (nSPS) is 25.8. The molecule has 3 aliphatic rings. The van der Waals surface area contributed by atoms with Gasteiger partial charge in [0.05, 0.1) is 22.8 Å². The second-order valence-electron chi connectivity index (χ2n) is 8.32. The summed E-state index contributed by atoms with van der Waals surface area (Å²) in [6, 6.07) is 6.39. The molecule has 1 saturated carbocycles. The van der Waals surface area contributed by atoms with Gasteiger partial charge in [0.1, 0.15) is 5.69 Å². The molecule has 2 N–H and O–H groups in total. The number of piperidine rings is 1. The van der Waals surface area contributed by atoms with Crippen molar-refractivity contribution < 1.29 is 27.9 Å². The summed E-state index contributed by atoms with van der Waals surface area (Å²) in [5, 5.41) is 15.9. The first-order valence-corrected chi connectivity index (χ1v) is 9.68. The molecule has 1 aromatic carbocycles. The third-order valence-corrected chi connectivity index (χ3v) is 6.33. The maximum Gasteiger partial charge on any atom is 0.417 e. The summed E-state index contributed by atoms with van der Waals surface area (Å²) >= 11 is 0. The highest BCUT2D eigenvalue weighted by atomic mass is 19.4. The number of β-amino-alcohol motifs (C(OH)–C–C–N with tert-alkyl or cyclic N) is 1. The number of likely N-dealkylation sites (tertiary alicyclic amines) is 2. The van der Waals surface area contributed by atoms with E-state index in [9.17, 15) is 27.9 Å². The van der Waals surface area contributed by atoms with Gasteiger partial charge in [0.25, 0.3) is 5.91 Å². The Labute approximate surface area is 169 Å². The summed E-state index contributed by atoms with van der Waals surface area (Å²) in [7, 11) is 0. The Morgan fingerprint density at radius 2 is 1.90 bits per heavy atom. The molecule has 0 spiro atoms. The van der Waals surface area contributed by atoms with Gasteiger partial charge in [-0.25, -0.2) is 0 Å². The topological polar surface area (TPSA) is 89.5 Å². The Morgan fingerprint density at radius 3 is 2.60 bits per heavy atom. The van der Waals surface area contributed by atoms with Crippen molar-refractivity contribution in [3.05, 3.63) is 41.6 Å². The van der Waals surface area contributed by atoms with E-state index in [0.717, 1.165) is 12.5 Å². The van der Waals surface area contributed by atoms with Crippen molar-refractivity contribution in [3.63, 3.8) is 0 Å². The number of alkyl halides is 3. The lowest BCUT2D eigenvalue weighted by Gasteiger charge is -2.38. The molecule has 7 nitrogen and oxygen atoms in total. The molecule has 2 aromatic rings. The van der Waals surface area contributed by atoms with E-state index in [1.54, 1.807) is 9.80 Å². The first kappa shape index (κ1) is 19.1. The number of aromatic amines is 1. The third kappa shape index (κ3) is 2.89. The summed E-state index contributed by atoms with van der Waals surface area (Å²) in [4.78, 5) is 28.8. The smallest absolute Gasteiger partial charge is 0.389 e. The van der Waals surface area contributed by atoms with Gasteiger partial charge in [-0.3, -0.25) is 14.7 Å². The Bertz CT molecular complexity index is 1030. The zero-order valence-corrected chi connectivity index (χ0v) is 15.8. The van der Waals surface area contributed by atoms with Crippen LogP contribution in [0.5, 0.6) is 0 Å². The monoisotopic (exact) mass is 420 g/mol. The molecule has 2 aliphatic heterocycles. The lowest BCUT2D eigenvalue weighted by molar-refractivity contribution is -0.147. The second-order valence-corrected chi connectivity index (χ2v) is 8.32. The molecule has 2 atom stereocenters. The number of aromatic nitrogens is 2. The molecule has 3 fully saturated rings. The number of aliphatic hydroxyl groups excluding tert-OH is 1. The van der Waals surface area contributed by atoms with Gasteiger partial charge < -0.3 is 14.9 Å². The predicted octanol–water partition coefficient (Wildman–Crippen LogP) is 1.76. The van der Waals surface area contributed by atoms with Crippen LogP contribution >= 0.6 is 0 Å². The number of nitrogens with zero attached hydrogens (tertiary/aromatic N) is 3. The minimum atomic E-state index is -4.53. The summed E-state index contributed by atoms with van der Waals surface area (Å²) in [5.41, 5.74) is -1.38. The first-order valence-electron chi connectivity index (χ1n) is 9.68. The Morgan fingerprint density at radius 1 is 1.17 bits per heavy atom. The number of fused-ring (bicyclic) bond motifs is 1. The Balaban J connectivity index is 1.33. The number of amides is 2. The highest BCUT2D eigenvalue weighted by Gasteiger charge is 2.67. The molecule has 3 heterocycles. The molecule has 10 heteroatoms. The van der Waals surface area contributed by atoms with Crippen molar-refractivity contribution in [2.24, 2.45) is 11.3 Å². The standard InChI is InChI=1S/C20H19F3N4O3/c21-20(22,23)14-4-2-1-3-13(14)15-5-16(25-24-15)17(29)27-7-11-6-19(11,10-27)18(30)26-8-12(28)9-26/h1-5,11-12,28H,6-10H2,(H,24,25)/t11-,19-/m1/s1. The Hall–Kier alpha value is -2.88. The number of benzene rings is 1. The number of hydrogen-bond donors (Lipinski definition) is 2. The van der Waals surface area contributed by atoms with Crippen LogP contribution in [0.25, 0.3) is 11.3 Å². The van der Waals surface area contributed by atoms with Gasteiger partial charge in [0.2, 0.25) is 5.91 Å². The number of halogens is 3. The zero-order chi connectivity index (χ0) is 21.3. The van der Waals surface area contributed by atoms with E-state index in [4.69, 9.17) is 0 Å². The van der Waals surface area contributed by atoms with E-state index >= 15 is 0 Å². The fraction of sp³-hybridized carbons (Fsp3) is 0.450. The van der Waals surface area contributed by atoms with Crippen LogP contribution in [-0.2, 0) is 11.0 Å². The van der Waals surface area contributed by atoms with Crippen molar-refractivity contribution in [1.29, 1.82) is 0 Å². The second kappa shape index (κ2) is 6.31. The summed E-state index contributed by atoms with van der Waals surface area (Å²) in [6.45, 7) is 1.34. The fourth-order valence-corrected chi connectivity index (χ4v) is 4.60. The van der Waals surface area contributed by atoms with Crippen molar-refractivity contribution in [2.45, 2.75) is 18.7 Å². The van der Waals surface area contributed by atoms with E-state index < -0.39 is 23.3 Å². The van der Waals surface area contributed by atoms with Crippen molar-refractivity contribution >= 4 is 11.8 Å². The molecule has 1 aromatic heterocycles. The van der Waals surface area contributed by atoms with E-state index in [1.165, 1.54) is 24.3 Å². The van der Waals surface area contributed by atoms with Gasteiger partial charge in [-0.05, 0) is 24.5 Å². The molecule has 1 aliphatic carbocycles. The summed E-state index contributed by atoms with van der Waals surface area (Å²) in [5.74, 6) is -0.334. The highest BCUT2D eigenvalue weighted by Crippen LogP contribution is 2.59. The van der Waals surface area contributed by atoms with Crippen LogP contribution in [-0.4, -0.2) is 69.2 Å². The zero-order valence-electron chi connectivity index (χ0n) is 15.8. The minimum Gasteiger partial charge on any atom is -0.389 e. The molecule has 30 heavy (non-hydrogen) atoms. The number of H-pyrrole nitrogens is 1. The number of carbonyl (C=O) groups is 2. The molecule has 158 valence electrons. The van der Waals surface area contributed by atoms with Gasteiger partial charge in [0, 0.05) is 31.7 Å². The molecule has 0 radical (unpaired) electrons. The van der Waals surface area contributed by atoms with E-state index in [0.29, 0.717) is 19.6 Å². The van der Waals surface area contributed by atoms with Crippen LogP contribution in [0.15, 0.2) is 30.3 Å². The molecular weight excluding hydrogens is 401 g/mol. The van der Waals surface area contributed by atoms with Gasteiger partial charge in [-0.15, -0.1) is 0 Å². The van der Waals surface area contributed by atoms with E-state index in [2.05, 4.69) is 10.2 Å². The van der Waals surface area contributed by atoms with Crippen molar-refractivity contribution in [1.82, 2.24) is 20.0 Å². The van der Waals surface area contributed by atoms with Crippen LogP contribution < -0.4 is 0 Å². The average molecular weight is 420 g/mol. The maximum absolute atomic E-state index is 13.3. The number of carbonyl (C=O) groups excluding carboxylic acids is 2. The van der Waals surface area contributed by atoms with E-state index in [1.807, 2.05) is 0 Å². The van der Waals surface area contributed by atoms with Gasteiger partial charge in [-0.2, -0.15) is 18.3 Å². The van der Waals surface area contributed by atoms with Crippen molar-refractivity contribution in [3.8, 4) is 11.3 Å². The molecule has 0 unspecified atom stereocenters. The van der Waals surface area contributed by atoms with Crippen LogP contribution in [0.3, 0.4) is 0 Å². The quantitative estimate of drug-likeness (QED) is 0.792. The van der Waals surface area contributed by atoms with Crippen LogP contribution in [0.4, 0.5) is 13.2 Å². The molecule has 5 rings (SSSR count). The minimum absolute atomic E-state index is 0.0301. The number of nitrogens with one attached hydrogen (secondary N) is 1. The average Bonchev–Trinajstić information content (AvgIpc) is 3.06. The summed E-state index contributed by atoms with van der Waals surface area (Å²) < 4.78 is 39.8. The molecular formula is C20H19F3N4O3. The molecule has 2 saturated heterocycles. The fourth-order valence-electron chi connectivity index (χ4n) is 4.60. The van der Waals surface area contributed by atoms with Gasteiger partial charge >= 0.3 is 6.18 Å². The first-order chi connectivity index (χ1) is 14.2. The number of aliphatic hydroxyl groups is 1. The number of rotatable bonds is 3. The van der Waals surface area contributed by atoms with E-state index in [-0.39, 0.29) is 41.2 Å². The maximum atomic E-state index is 13.3. The van der Waals surface area contributed by atoms with Gasteiger partial charge in [-0.1, -0.05) is 18.2 Å². The van der Waals surface area contributed by atoms with Gasteiger partial charge in [0.15, 0.2) is 0 Å². The van der Waals surface area contributed by atoms with Crippen molar-refractivity contribution in [2.75, 3.05) is 26.2 Å². The van der Waals surface area contributed by atoms with Crippen LogP contribution in [0.1, 0.15) is 22.5 Å². The Kier molecular flexibility index (Phi) is 4.02. The lowest BCUT2D eigenvalue weighted by Crippen LogP contribution is -2.56. The van der Waals surface area contributed by atoms with Crippen LogP contribution in [0, 0.1) is 11.3 Å². The van der Waals surface area contributed by atoms with Crippen LogP contribution in [0.2, 0.25) is 0 Å². The third-order valence-electron chi connectivity index (χ3n) is 6.33. The summed E-state index contributed by atoms with van der Waals surface area (Å²) in [6.07, 6.45) is -4.30. The lowest BCUT2D eigenvalue weighted by atomic mass is 10.0. The highest BCUT2D eigenvalue weighted by molar-refractivity contribution is 5.96. The number of hydrogen-bond acceptors (Lipinski definition) is 4. The predicted molar refractivity (Wildman–Crippen MR) is 98.1 cm³/mol.